The van der Waals surface area contributed by atoms with E-state index in [9.17, 15) is 9.50 Å². The molecule has 0 saturated carbocycles. The largest absolute Gasteiger partial charge is 0.386 e. The number of aromatic nitrogens is 1. The minimum Gasteiger partial charge on any atom is -0.386 e. The van der Waals surface area contributed by atoms with Crippen LogP contribution in [0.2, 0.25) is 5.02 Å². The lowest BCUT2D eigenvalue weighted by atomic mass is 10.1. The highest BCUT2D eigenvalue weighted by Crippen LogP contribution is 2.24. The lowest BCUT2D eigenvalue weighted by Crippen LogP contribution is -2.03. The van der Waals surface area contributed by atoms with Crippen LogP contribution < -0.4 is 0 Å². The maximum Gasteiger partial charge on any atom is 0.126 e. The molecule has 0 aliphatic heterocycles. The molecule has 0 amide bonds. The number of rotatable bonds is 3. The standard InChI is InChI=1S/C12H11ClFNOS/c1-7-6-17-12(15-7)11(16)5-8-4-9(13)2-3-10(8)14/h2-4,6,11,16H,5H2,1H3. The van der Waals surface area contributed by atoms with Crippen LogP contribution in [0, 0.1) is 12.7 Å². The molecule has 17 heavy (non-hydrogen) atoms. The summed E-state index contributed by atoms with van der Waals surface area (Å²) in [6, 6.07) is 4.32. The van der Waals surface area contributed by atoms with Crippen LogP contribution in [0.25, 0.3) is 0 Å². The number of benzene rings is 1. The van der Waals surface area contributed by atoms with Gasteiger partial charge in [-0.05, 0) is 30.7 Å². The van der Waals surface area contributed by atoms with E-state index in [0.717, 1.165) is 5.69 Å². The van der Waals surface area contributed by atoms with Crippen LogP contribution in [0.3, 0.4) is 0 Å². The van der Waals surface area contributed by atoms with Gasteiger partial charge in [0.2, 0.25) is 0 Å². The third-order valence-corrected chi connectivity index (χ3v) is 3.64. The number of nitrogens with zero attached hydrogens (tertiary/aromatic N) is 1. The minimum atomic E-state index is -0.790. The zero-order chi connectivity index (χ0) is 12.4. The predicted molar refractivity (Wildman–Crippen MR) is 66.9 cm³/mol. The maximum absolute atomic E-state index is 13.5. The van der Waals surface area contributed by atoms with Gasteiger partial charge in [0.25, 0.3) is 0 Å². The van der Waals surface area contributed by atoms with Crippen molar-refractivity contribution in [1.29, 1.82) is 0 Å². The zero-order valence-electron chi connectivity index (χ0n) is 9.15. The Balaban J connectivity index is 2.18. The monoisotopic (exact) mass is 271 g/mol. The first-order valence-corrected chi connectivity index (χ1v) is 6.36. The summed E-state index contributed by atoms with van der Waals surface area (Å²) in [6.07, 6.45) is -0.610. The third-order valence-electron chi connectivity index (χ3n) is 2.34. The van der Waals surface area contributed by atoms with Gasteiger partial charge in [-0.1, -0.05) is 11.6 Å². The van der Waals surface area contributed by atoms with Gasteiger partial charge >= 0.3 is 0 Å². The van der Waals surface area contributed by atoms with E-state index in [1.54, 1.807) is 0 Å². The van der Waals surface area contributed by atoms with Crippen LogP contribution in [0.1, 0.15) is 22.4 Å². The summed E-state index contributed by atoms with van der Waals surface area (Å²) in [5.74, 6) is -0.360. The van der Waals surface area contributed by atoms with Gasteiger partial charge in [-0.3, -0.25) is 0 Å². The summed E-state index contributed by atoms with van der Waals surface area (Å²) in [5, 5.41) is 12.9. The fraction of sp³-hybridized carbons (Fsp3) is 0.250. The average Bonchev–Trinajstić information content (AvgIpc) is 2.70. The van der Waals surface area contributed by atoms with Crippen LogP contribution in [0.15, 0.2) is 23.6 Å². The molecule has 1 aromatic carbocycles. The second kappa shape index (κ2) is 5.12. The Hall–Kier alpha value is -0.970. The Morgan fingerprint density at radius 3 is 2.94 bits per heavy atom. The molecule has 0 saturated heterocycles. The number of aliphatic hydroxyl groups excluding tert-OH is 1. The van der Waals surface area contributed by atoms with Gasteiger partial charge in [0.15, 0.2) is 0 Å². The molecule has 0 aliphatic rings. The van der Waals surface area contributed by atoms with Crippen LogP contribution in [-0.4, -0.2) is 10.1 Å². The third kappa shape index (κ3) is 3.03. The fourth-order valence-corrected chi connectivity index (χ4v) is 2.50. The maximum atomic E-state index is 13.5. The summed E-state index contributed by atoms with van der Waals surface area (Å²) in [6.45, 7) is 1.85. The van der Waals surface area contributed by atoms with Crippen LogP contribution in [0.5, 0.6) is 0 Å². The van der Waals surface area contributed by atoms with Gasteiger partial charge in [-0.15, -0.1) is 11.3 Å². The van der Waals surface area contributed by atoms with Crippen molar-refractivity contribution in [1.82, 2.24) is 4.98 Å². The van der Waals surface area contributed by atoms with E-state index in [4.69, 9.17) is 11.6 Å². The minimum absolute atomic E-state index is 0.180. The van der Waals surface area contributed by atoms with E-state index in [-0.39, 0.29) is 12.2 Å². The molecule has 1 aromatic heterocycles. The van der Waals surface area contributed by atoms with Crippen molar-refractivity contribution >= 4 is 22.9 Å². The van der Waals surface area contributed by atoms with E-state index in [1.165, 1.54) is 29.5 Å². The quantitative estimate of drug-likeness (QED) is 0.927. The lowest BCUT2D eigenvalue weighted by molar-refractivity contribution is 0.176. The molecular weight excluding hydrogens is 261 g/mol. The van der Waals surface area contributed by atoms with Crippen molar-refractivity contribution in [2.24, 2.45) is 0 Å². The van der Waals surface area contributed by atoms with Crippen molar-refractivity contribution in [3.8, 4) is 0 Å². The summed E-state index contributed by atoms with van der Waals surface area (Å²) >= 11 is 7.16. The Labute approximate surface area is 108 Å². The normalized spacial score (nSPS) is 12.7. The van der Waals surface area contributed by atoms with Gasteiger partial charge in [0, 0.05) is 22.5 Å². The van der Waals surface area contributed by atoms with Gasteiger partial charge in [-0.25, -0.2) is 9.37 Å². The molecule has 2 rings (SSSR count). The molecule has 1 atom stereocenters. The molecule has 0 spiro atoms. The highest BCUT2D eigenvalue weighted by molar-refractivity contribution is 7.09. The Morgan fingerprint density at radius 1 is 1.53 bits per heavy atom. The van der Waals surface area contributed by atoms with Gasteiger partial charge in [0.1, 0.15) is 16.9 Å². The van der Waals surface area contributed by atoms with Crippen LogP contribution in [-0.2, 0) is 6.42 Å². The highest BCUT2D eigenvalue weighted by atomic mass is 35.5. The van der Waals surface area contributed by atoms with Crippen molar-refractivity contribution in [3.05, 3.63) is 50.7 Å². The number of halogens is 2. The molecule has 0 bridgehead atoms. The lowest BCUT2D eigenvalue weighted by Gasteiger charge is -2.08. The van der Waals surface area contributed by atoms with Crippen molar-refractivity contribution in [3.63, 3.8) is 0 Å². The van der Waals surface area contributed by atoms with Gasteiger partial charge < -0.3 is 5.11 Å². The Bertz CT molecular complexity index is 529. The van der Waals surface area contributed by atoms with E-state index in [0.29, 0.717) is 15.6 Å². The highest BCUT2D eigenvalue weighted by Gasteiger charge is 2.14. The number of aryl methyl sites for hydroxylation is 1. The molecule has 0 aliphatic carbocycles. The van der Waals surface area contributed by atoms with E-state index in [1.807, 2.05) is 12.3 Å². The number of aliphatic hydroxyl groups is 1. The SMILES string of the molecule is Cc1csc(C(O)Cc2cc(Cl)ccc2F)n1. The zero-order valence-corrected chi connectivity index (χ0v) is 10.7. The van der Waals surface area contributed by atoms with Crippen LogP contribution in [0.4, 0.5) is 4.39 Å². The molecule has 0 radical (unpaired) electrons. The smallest absolute Gasteiger partial charge is 0.126 e. The Kier molecular flexibility index (Phi) is 3.76. The topological polar surface area (TPSA) is 33.1 Å². The van der Waals surface area contributed by atoms with E-state index < -0.39 is 6.10 Å². The molecule has 5 heteroatoms. The summed E-state index contributed by atoms with van der Waals surface area (Å²) in [5.41, 5.74) is 1.26. The summed E-state index contributed by atoms with van der Waals surface area (Å²) in [7, 11) is 0. The van der Waals surface area contributed by atoms with Crippen molar-refractivity contribution in [2.45, 2.75) is 19.4 Å². The van der Waals surface area contributed by atoms with Gasteiger partial charge in [0.05, 0.1) is 0 Å². The molecular formula is C12H11ClFNOS. The average molecular weight is 272 g/mol. The molecule has 1 N–H and O–H groups in total. The number of hydrogen-bond acceptors (Lipinski definition) is 3. The van der Waals surface area contributed by atoms with Crippen molar-refractivity contribution < 1.29 is 9.50 Å². The van der Waals surface area contributed by atoms with Crippen LogP contribution >= 0.6 is 22.9 Å². The summed E-state index contributed by atoms with van der Waals surface area (Å²) < 4.78 is 13.5. The molecule has 1 unspecified atom stereocenters. The first-order valence-electron chi connectivity index (χ1n) is 5.10. The van der Waals surface area contributed by atoms with Crippen molar-refractivity contribution in [2.75, 3.05) is 0 Å². The van der Waals surface area contributed by atoms with Gasteiger partial charge in [-0.2, -0.15) is 0 Å². The summed E-state index contributed by atoms with van der Waals surface area (Å²) in [4.78, 5) is 4.17. The first kappa shape index (κ1) is 12.5. The fourth-order valence-electron chi connectivity index (χ4n) is 1.52. The second-order valence-electron chi connectivity index (χ2n) is 3.78. The van der Waals surface area contributed by atoms with E-state index in [2.05, 4.69) is 4.98 Å². The predicted octanol–water partition coefficient (Wildman–Crippen LogP) is 3.52. The first-order chi connectivity index (χ1) is 8.06. The van der Waals surface area contributed by atoms with E-state index >= 15 is 0 Å². The molecule has 2 nitrogen and oxygen atoms in total. The number of hydrogen-bond donors (Lipinski definition) is 1. The molecule has 2 aromatic rings. The molecule has 90 valence electrons. The second-order valence-corrected chi connectivity index (χ2v) is 5.11. The molecule has 0 fully saturated rings. The number of thiazole rings is 1. The molecule has 1 heterocycles. The Morgan fingerprint density at radius 2 is 2.29 bits per heavy atom.